The average Bonchev–Trinajstić information content (AvgIpc) is 0.775. The second kappa shape index (κ2) is 69.5. The Morgan fingerprint density at radius 2 is 0.898 bits per heavy atom. The monoisotopic (exact) mass is 2100 g/mol. The van der Waals surface area contributed by atoms with Gasteiger partial charge in [-0.15, -0.1) is 25.3 Å². The molecule has 6 aliphatic heterocycles. The number of halogens is 1. The van der Waals surface area contributed by atoms with Gasteiger partial charge in [-0.05, 0) is 221 Å². The number of fused-ring (bicyclic) bond motifs is 6. The fourth-order valence-electron chi connectivity index (χ4n) is 20.6. The van der Waals surface area contributed by atoms with Crippen molar-refractivity contribution >= 4 is 76.8 Å². The Hall–Kier alpha value is -7.18. The summed E-state index contributed by atoms with van der Waals surface area (Å²) < 4.78 is 59.1. The number of hydrogen-bond acceptors (Lipinski definition) is 32. The van der Waals surface area contributed by atoms with Gasteiger partial charge in [-0.1, -0.05) is 159 Å². The Morgan fingerprint density at radius 3 is 1.25 bits per heavy atom. The second-order valence-electron chi connectivity index (χ2n) is 40.8. The minimum Gasteiger partial charge on any atom is -0.550 e. The number of terminal acetylenes is 2. The number of hydrogen-bond donors (Lipinski definition) is 8. The Balaban J connectivity index is 0.000000892. The normalized spacial score (nSPS) is 36.7. The molecule has 0 aromatic carbocycles. The van der Waals surface area contributed by atoms with Crippen LogP contribution in [0.3, 0.4) is 0 Å². The van der Waals surface area contributed by atoms with Crippen molar-refractivity contribution in [2.45, 2.75) is 367 Å². The van der Waals surface area contributed by atoms with Crippen LogP contribution >= 0.6 is 12.4 Å². The molecule has 8 rings (SSSR count). The van der Waals surface area contributed by atoms with Crippen molar-refractivity contribution in [1.29, 1.82) is 0 Å². The van der Waals surface area contributed by atoms with Crippen LogP contribution in [-0.4, -0.2) is 295 Å². The summed E-state index contributed by atoms with van der Waals surface area (Å²) in [6.45, 7) is 26.8. The van der Waals surface area contributed by atoms with E-state index in [0.29, 0.717) is 132 Å². The molecular formula is C111H174ClN4NaO30. The fourth-order valence-corrected chi connectivity index (χ4v) is 20.6. The Morgan fingerprint density at radius 1 is 0.517 bits per heavy atom. The number of allylic oxidation sites excluding steroid dienone is 12. The average molecular weight is 2100 g/mol. The molecule has 2 amide bonds. The Kier molecular flexibility index (Phi) is 64.2. The number of ether oxygens (including phenoxy) is 10. The van der Waals surface area contributed by atoms with E-state index >= 15 is 0 Å². The summed E-state index contributed by atoms with van der Waals surface area (Å²) in [6, 6.07) is -2.27. The van der Waals surface area contributed by atoms with Crippen molar-refractivity contribution in [2.24, 2.45) is 82.1 Å². The number of esters is 2. The molecule has 4 saturated heterocycles. The van der Waals surface area contributed by atoms with E-state index in [4.69, 9.17) is 73.6 Å². The number of cyclic esters (lactones) is 2. The third kappa shape index (κ3) is 42.3. The zero-order valence-corrected chi connectivity index (χ0v) is 94.2. The van der Waals surface area contributed by atoms with E-state index in [0.717, 1.165) is 38.0 Å². The number of carbonyl (C=O) groups is 10. The molecular weight excluding hydrogens is 1930 g/mol. The van der Waals surface area contributed by atoms with Gasteiger partial charge >= 0.3 is 41.5 Å². The van der Waals surface area contributed by atoms with Gasteiger partial charge in [0.25, 0.3) is 23.4 Å². The van der Waals surface area contributed by atoms with E-state index < -0.39 is 174 Å². The fraction of sp³-hybridized carbons (Fsp3) is 0.721. The first kappa shape index (κ1) is 136. The van der Waals surface area contributed by atoms with Crippen molar-refractivity contribution in [3.63, 3.8) is 0 Å². The van der Waals surface area contributed by atoms with Crippen LogP contribution in [-0.2, 0) is 105 Å². The number of methoxy groups -OCH3 is 6. The summed E-state index contributed by atoms with van der Waals surface area (Å²) in [5, 5.41) is 88.4. The zero-order valence-electron chi connectivity index (χ0n) is 91.4. The molecule has 9 N–H and O–H groups in total. The minimum atomic E-state index is -2.43. The number of nitrogens with two attached hydrogens (primary N) is 1. The molecule has 4 bridgehead atoms. The molecule has 147 heavy (non-hydrogen) atoms. The molecule has 0 aromatic rings. The summed E-state index contributed by atoms with van der Waals surface area (Å²) in [6.07, 6.45) is 33.3. The van der Waals surface area contributed by atoms with Crippen LogP contribution in [0.4, 0.5) is 0 Å². The number of carboxylic acid groups (broad SMARTS) is 1. The molecule has 34 nitrogen and oxygen atoms in total. The standard InChI is InChI=1S/C54H82N2O13.C51H79NO13.C3H5NO.C2H4O2.CH4O.ClH.Na/c1-12-26-67-55-42-32-46(36(5)29-40-22-24-44(57)47(30-40)65-10)68-53(62)43-20-16-17-25-56(43)52(61)51(60)54(63)39(8)21-23-41(69-54)31-45(64-9)34(3)19-15-13-14-18-33(2)27-37(6)48(58)50(66-11)49(59)38(7)28-35(42)4;1-30-16-12-11-13-17-31(2)42(61-8)28-38-21-19-36(7)51(60,65-38)48(57)49(58)52-23-15-14-18-39(52)50(59)64-43(33(4)26-37-20-22-40(53)44(27-37)62-9)29-41(54)32(3)25-35(6)46(56)47(63-10)45(55)34(5)24-30;1-2-3-5-4;1-2(3)4;1-2;;/h1,13-15,18-19,28,33,35-37,39-41,43-47,49-50,57,59,63H,16-17,20-27,29-32H2,2-11H3;11-13,16-17,25,30,32-34,36-40,42-44,46-47,53,56,60H,14-15,18-24,26-29H2,1-10H3;1H,3-4H2;1H3,(H,3,4);2H,1H3;1H;/q;;;;;;+1/p-1/b15-13+,18-14+,34-19+,38-28+,55-42?;13-11+,16-12+,31-17+,35-25+;;;;;/t33-,35-,36-,37-,39-,40+,41+,43+,44-,45+,46+,47?,49-,50+,54-;30-,32-,33-,34-,36-,37+,38+,39+,40-,42+,43+,44-,46-,47+,51-;;;;;/m11...../s1. The Bertz CT molecular complexity index is 4480. The van der Waals surface area contributed by atoms with Crippen molar-refractivity contribution < 1.29 is 175 Å². The predicted molar refractivity (Wildman–Crippen MR) is 553 cm³/mol. The number of oxime groups is 1. The molecule has 6 fully saturated rings. The maximum atomic E-state index is 14.6. The first-order valence-electron chi connectivity index (χ1n) is 51.5. The molecule has 0 aromatic heterocycles. The third-order valence-electron chi connectivity index (χ3n) is 29.5. The molecule has 2 saturated carbocycles. The van der Waals surface area contributed by atoms with Gasteiger partial charge < -0.3 is 108 Å². The molecule has 2 aliphatic carbocycles. The Labute approximate surface area is 901 Å². The van der Waals surface area contributed by atoms with Crippen molar-refractivity contribution in [2.75, 3.05) is 76.1 Å². The first-order chi connectivity index (χ1) is 68.7. The van der Waals surface area contributed by atoms with Gasteiger partial charge in [0.15, 0.2) is 18.2 Å². The van der Waals surface area contributed by atoms with Gasteiger partial charge in [0, 0.05) is 130 Å². The van der Waals surface area contributed by atoms with Gasteiger partial charge in [0.2, 0.25) is 11.6 Å². The van der Waals surface area contributed by atoms with E-state index in [9.17, 15) is 73.8 Å². The van der Waals surface area contributed by atoms with Crippen molar-refractivity contribution in [3.05, 3.63) is 95.2 Å². The van der Waals surface area contributed by atoms with Crippen LogP contribution in [0, 0.1) is 95.7 Å². The van der Waals surface area contributed by atoms with Crippen molar-refractivity contribution in [3.8, 4) is 24.7 Å². The number of piperidine rings is 2. The van der Waals surface area contributed by atoms with Gasteiger partial charge in [0.05, 0.1) is 54.5 Å². The number of rotatable bonds is 15. The number of nitrogens with zero attached hydrogens (tertiary/aromatic N) is 3. The first-order valence-corrected chi connectivity index (χ1v) is 51.5. The summed E-state index contributed by atoms with van der Waals surface area (Å²) in [5.41, 5.74) is 3.05. The summed E-state index contributed by atoms with van der Waals surface area (Å²) in [7, 11) is 10.1. The molecule has 0 radical (unpaired) electrons. The van der Waals surface area contributed by atoms with Crippen LogP contribution in [0.2, 0.25) is 0 Å². The summed E-state index contributed by atoms with van der Waals surface area (Å²) in [4.78, 5) is 149. The third-order valence-corrected chi connectivity index (χ3v) is 29.5. The number of aliphatic hydroxyl groups is 7. The van der Waals surface area contributed by atoms with Gasteiger partial charge in [0.1, 0.15) is 61.1 Å². The quantitative estimate of drug-likeness (QED) is 0.0146. The molecule has 826 valence electrons. The zero-order chi connectivity index (χ0) is 109. The van der Waals surface area contributed by atoms with Crippen molar-refractivity contribution in [1.82, 2.24) is 9.80 Å². The van der Waals surface area contributed by atoms with E-state index in [2.05, 4.69) is 34.2 Å². The number of Topliss-reactive ketones (excluding diaryl/α,β-unsaturated/α-hetero) is 5. The van der Waals surface area contributed by atoms with E-state index in [1.807, 2.05) is 123 Å². The number of amides is 2. The van der Waals surface area contributed by atoms with Gasteiger partial charge in [-0.3, -0.25) is 38.4 Å². The molecule has 36 heteroatoms. The maximum Gasteiger partial charge on any atom is 1.00 e. The van der Waals surface area contributed by atoms with Gasteiger partial charge in [-0.25, -0.2) is 15.5 Å². The molecule has 0 spiro atoms. The topological polar surface area (TPSA) is 491 Å². The predicted octanol–water partition coefficient (Wildman–Crippen LogP) is 8.10. The summed E-state index contributed by atoms with van der Waals surface area (Å²) >= 11 is 0. The SMILES string of the molecule is C#CCON.C#CCON=C1C[C@@H]([C@H](C)C[C@@H]2CC[C@@H](O)C(OC)C2)OC(=O)[C@@H]2CCCCN2C(=O)C(=O)[C@]2(O)O[C@@H](CC[C@H]2C)C[C@H](OC)/C(C)=C/C=C/C=C/[C@@H](C)C[C@@H](C)C(=O)[C@H](OC)[C@H](O)/C(C)=C/[C@H]1C.CC(=O)[O-].CO.CO[C@H]1C[C@@H]2CC[C@@H](C)[C@@](O)(O2)C(=O)C(=O)N2CCCC[C@H]2C(=O)O[C@H]([C@H](C)C[C@@H]2CC[C@@H](O)[C@H](OC)C2)CC(=O)[C@H](C)/C=C(\C)[C@@H](O)[C@@H](OC)C(=O)[C@H](C)C[C@H](C)/C=C/C=C/C=C/1C.Cl.[Na+]. The number of ketones is 5. The number of carboxylic acids is 1. The van der Waals surface area contributed by atoms with E-state index in [1.165, 1.54) is 24.0 Å². The van der Waals surface area contributed by atoms with E-state index in [1.54, 1.807) is 75.2 Å². The van der Waals surface area contributed by atoms with Crippen LogP contribution in [0.5, 0.6) is 0 Å². The summed E-state index contributed by atoms with van der Waals surface area (Å²) in [5.74, 6) is -7.29. The smallest absolute Gasteiger partial charge is 0.550 e. The van der Waals surface area contributed by atoms with Crippen LogP contribution in [0.1, 0.15) is 258 Å². The van der Waals surface area contributed by atoms with Gasteiger partial charge in [-0.2, -0.15) is 0 Å². The number of aliphatic hydroxyl groups excluding tert-OH is 5. The molecule has 8 aliphatic rings. The maximum absolute atomic E-state index is 14.6. The van der Waals surface area contributed by atoms with E-state index in [-0.39, 0.29) is 159 Å². The number of carbonyl (C=O) groups excluding carboxylic acids is 10. The number of aliphatic carboxylic acids is 1. The van der Waals surface area contributed by atoms with Crippen LogP contribution < -0.4 is 40.6 Å². The van der Waals surface area contributed by atoms with Crippen LogP contribution in [0.15, 0.2) is 100 Å². The molecule has 30 atom stereocenters. The second-order valence-corrected chi connectivity index (χ2v) is 40.8. The molecule has 1 unspecified atom stereocenters. The minimum absolute atomic E-state index is 0. The largest absolute Gasteiger partial charge is 1.00 e. The molecule has 6 heterocycles. The van der Waals surface area contributed by atoms with Crippen LogP contribution in [0.25, 0.3) is 0 Å².